The highest BCUT2D eigenvalue weighted by Gasteiger charge is 2.45. The van der Waals surface area contributed by atoms with Gasteiger partial charge < -0.3 is 20.1 Å². The summed E-state index contributed by atoms with van der Waals surface area (Å²) in [5.41, 5.74) is 10.5. The van der Waals surface area contributed by atoms with Crippen LogP contribution in [0.25, 0.3) is 22.3 Å². The van der Waals surface area contributed by atoms with Gasteiger partial charge in [0.25, 0.3) is 5.56 Å². The van der Waals surface area contributed by atoms with E-state index in [-0.39, 0.29) is 37.0 Å². The third-order valence-corrected chi connectivity index (χ3v) is 8.17. The number of hydrogen-bond acceptors (Lipinski definition) is 7. The molecular weight excluding hydrogens is 450 g/mol. The van der Waals surface area contributed by atoms with Gasteiger partial charge in [-0.1, -0.05) is 13.0 Å². The molecule has 0 bridgehead atoms. The van der Waals surface area contributed by atoms with E-state index in [4.69, 9.17) is 15.5 Å². The van der Waals surface area contributed by atoms with Crippen molar-refractivity contribution < 1.29 is 14.6 Å². The number of nitrogens with zero attached hydrogens (tertiary/aromatic N) is 2. The minimum atomic E-state index is -1.83. The molecule has 3 aliphatic heterocycles. The lowest BCUT2D eigenvalue weighted by molar-refractivity contribution is -0.172. The maximum absolute atomic E-state index is 13.4. The Balaban J connectivity index is 0.00000216. The van der Waals surface area contributed by atoms with E-state index in [1.54, 1.807) is 29.3 Å². The number of carbonyl (C=O) groups excluding carboxylic acids is 1. The van der Waals surface area contributed by atoms with Crippen LogP contribution in [0, 0.1) is 6.92 Å². The summed E-state index contributed by atoms with van der Waals surface area (Å²) in [6, 6.07) is 5.65. The van der Waals surface area contributed by atoms with E-state index in [1.165, 1.54) is 10.5 Å². The normalized spacial score (nSPS) is 22.6. The first-order valence-corrected chi connectivity index (χ1v) is 11.3. The van der Waals surface area contributed by atoms with Crippen LogP contribution in [0.2, 0.25) is 0 Å². The predicted octanol–water partition coefficient (Wildman–Crippen LogP) is 2.92. The number of benzene rings is 1. The number of halogens is 1. The number of aliphatic hydroxyl groups is 1. The summed E-state index contributed by atoms with van der Waals surface area (Å²) in [5.74, 6) is 0.0501. The monoisotopic (exact) mass is 471 g/mol. The minimum absolute atomic E-state index is 0. The highest BCUT2D eigenvalue weighted by atomic mass is 35.5. The van der Waals surface area contributed by atoms with Crippen molar-refractivity contribution in [1.82, 2.24) is 9.55 Å². The lowest BCUT2D eigenvalue weighted by atomic mass is 9.86. The van der Waals surface area contributed by atoms with Gasteiger partial charge in [0.05, 0.1) is 29.0 Å². The van der Waals surface area contributed by atoms with Crippen molar-refractivity contribution in [2.45, 2.75) is 50.0 Å². The van der Waals surface area contributed by atoms with Crippen molar-refractivity contribution in [3.8, 4) is 11.4 Å². The van der Waals surface area contributed by atoms with E-state index >= 15 is 0 Å². The quantitative estimate of drug-likeness (QED) is 0.411. The molecule has 166 valence electrons. The van der Waals surface area contributed by atoms with E-state index in [0.29, 0.717) is 29.1 Å². The number of hydrogen-bond donors (Lipinski definition) is 2. The van der Waals surface area contributed by atoms with Crippen molar-refractivity contribution in [3.63, 3.8) is 0 Å². The van der Waals surface area contributed by atoms with Crippen molar-refractivity contribution in [2.75, 3.05) is 5.75 Å². The number of fused-ring (bicyclic) bond motifs is 5. The SMILES string of the molecule is CC[C@@]1(O)C(=O)OCc2c1cc1n(c2=O)Cc2c-1nc1ccc(C)c3c1c2C(N)CS3.Cl. The van der Waals surface area contributed by atoms with Crippen LogP contribution < -0.4 is 11.3 Å². The van der Waals surface area contributed by atoms with Crippen LogP contribution >= 0.6 is 24.2 Å². The minimum Gasteiger partial charge on any atom is -0.458 e. The first-order valence-electron chi connectivity index (χ1n) is 10.4. The number of aromatic nitrogens is 2. The topological polar surface area (TPSA) is 107 Å². The number of pyridine rings is 2. The van der Waals surface area contributed by atoms with Crippen LogP contribution in [-0.2, 0) is 28.3 Å². The van der Waals surface area contributed by atoms with Crippen LogP contribution in [0.15, 0.2) is 27.9 Å². The summed E-state index contributed by atoms with van der Waals surface area (Å²) in [6.07, 6.45) is 0.121. The van der Waals surface area contributed by atoms with E-state index < -0.39 is 11.6 Å². The average Bonchev–Trinajstić information content (AvgIpc) is 3.13. The van der Waals surface area contributed by atoms with Crippen LogP contribution in [0.5, 0.6) is 0 Å². The summed E-state index contributed by atoms with van der Waals surface area (Å²) < 4.78 is 6.82. The summed E-state index contributed by atoms with van der Waals surface area (Å²) in [7, 11) is 0. The number of nitrogens with two attached hydrogens (primary N) is 1. The van der Waals surface area contributed by atoms with Gasteiger partial charge >= 0.3 is 5.97 Å². The van der Waals surface area contributed by atoms with E-state index in [9.17, 15) is 14.7 Å². The molecule has 2 aromatic heterocycles. The zero-order valence-electron chi connectivity index (χ0n) is 17.6. The zero-order chi connectivity index (χ0) is 21.7. The molecule has 2 atom stereocenters. The van der Waals surface area contributed by atoms with Crippen molar-refractivity contribution in [1.29, 1.82) is 0 Å². The van der Waals surface area contributed by atoms with E-state index in [1.807, 2.05) is 6.07 Å². The number of thioether (sulfide) groups is 1. The van der Waals surface area contributed by atoms with Crippen molar-refractivity contribution >= 4 is 41.0 Å². The zero-order valence-corrected chi connectivity index (χ0v) is 19.2. The third kappa shape index (κ3) is 2.55. The Kier molecular flexibility index (Phi) is 4.73. The molecule has 32 heavy (non-hydrogen) atoms. The molecule has 0 saturated carbocycles. The lowest BCUT2D eigenvalue weighted by Gasteiger charge is -2.31. The van der Waals surface area contributed by atoms with Gasteiger partial charge in [-0.25, -0.2) is 9.78 Å². The van der Waals surface area contributed by atoms with Gasteiger partial charge in [-0.15, -0.1) is 24.2 Å². The summed E-state index contributed by atoms with van der Waals surface area (Å²) in [4.78, 5) is 31.9. The molecule has 0 saturated heterocycles. The third-order valence-electron chi connectivity index (χ3n) is 6.82. The van der Waals surface area contributed by atoms with Gasteiger partial charge in [0, 0.05) is 33.2 Å². The Bertz CT molecular complexity index is 1400. The summed E-state index contributed by atoms with van der Waals surface area (Å²) in [5, 5.41) is 12.1. The Labute approximate surface area is 194 Å². The molecule has 3 aromatic rings. The van der Waals surface area contributed by atoms with Gasteiger partial charge in [-0.3, -0.25) is 4.79 Å². The Morgan fingerprint density at radius 1 is 1.34 bits per heavy atom. The van der Waals surface area contributed by atoms with Crippen LogP contribution in [-0.4, -0.2) is 26.4 Å². The molecule has 3 N–H and O–H groups in total. The fourth-order valence-electron chi connectivity index (χ4n) is 5.13. The van der Waals surface area contributed by atoms with Crippen molar-refractivity contribution in [3.05, 3.63) is 56.4 Å². The molecule has 6 rings (SSSR count). The molecular formula is C23H22ClN3O4S. The molecule has 1 unspecified atom stereocenters. The van der Waals surface area contributed by atoms with Gasteiger partial charge in [0.1, 0.15) is 6.61 Å². The average molecular weight is 472 g/mol. The number of carbonyl (C=O) groups is 1. The standard InChI is InChI=1S/C23H21N3O4S.ClH/c1-3-23(29)13-6-16-19-11(7-26(16)21(27)12(13)8-30-22(23)28)17-14(24)9-31-20-10(2)4-5-15(25-19)18(17)20;/h4-6,14,29H,3,7-9,24H2,1-2H3;1H/t14?,23-;/m0./s1. The molecule has 5 heterocycles. The molecule has 0 amide bonds. The lowest BCUT2D eigenvalue weighted by Crippen LogP contribution is -2.44. The van der Waals surface area contributed by atoms with E-state index in [0.717, 1.165) is 27.8 Å². The van der Waals surface area contributed by atoms with Crippen LogP contribution in [0.3, 0.4) is 0 Å². The van der Waals surface area contributed by atoms with E-state index in [2.05, 4.69) is 13.0 Å². The molecule has 0 radical (unpaired) electrons. The second-order valence-electron chi connectivity index (χ2n) is 8.48. The first kappa shape index (κ1) is 21.5. The Morgan fingerprint density at radius 3 is 2.88 bits per heavy atom. The van der Waals surface area contributed by atoms with Crippen LogP contribution in [0.1, 0.15) is 47.2 Å². The fraction of sp³-hybridized carbons (Fsp3) is 0.348. The summed E-state index contributed by atoms with van der Waals surface area (Å²) >= 11 is 1.75. The number of rotatable bonds is 1. The van der Waals surface area contributed by atoms with Gasteiger partial charge in [0.15, 0.2) is 5.60 Å². The highest BCUT2D eigenvalue weighted by molar-refractivity contribution is 7.99. The number of aryl methyl sites for hydroxylation is 1. The molecule has 0 spiro atoms. The Morgan fingerprint density at radius 2 is 2.12 bits per heavy atom. The number of ether oxygens (including phenoxy) is 1. The fourth-order valence-corrected chi connectivity index (χ4v) is 6.30. The molecule has 7 nitrogen and oxygen atoms in total. The highest BCUT2D eigenvalue weighted by Crippen LogP contribution is 2.47. The molecule has 0 fully saturated rings. The predicted molar refractivity (Wildman–Crippen MR) is 124 cm³/mol. The Hall–Kier alpha value is -2.39. The van der Waals surface area contributed by atoms with Gasteiger partial charge in [-0.05, 0) is 36.6 Å². The number of cyclic esters (lactones) is 1. The van der Waals surface area contributed by atoms with Gasteiger partial charge in [0.2, 0.25) is 0 Å². The maximum Gasteiger partial charge on any atom is 0.343 e. The van der Waals surface area contributed by atoms with Crippen LogP contribution in [0.4, 0.5) is 0 Å². The largest absolute Gasteiger partial charge is 0.458 e. The van der Waals surface area contributed by atoms with Gasteiger partial charge in [-0.2, -0.15) is 0 Å². The summed E-state index contributed by atoms with van der Waals surface area (Å²) in [6.45, 7) is 4.03. The number of esters is 1. The molecule has 0 aliphatic carbocycles. The molecule has 9 heteroatoms. The second kappa shape index (κ2) is 7.05. The first-order chi connectivity index (χ1) is 14.8. The van der Waals surface area contributed by atoms with Crippen molar-refractivity contribution in [2.24, 2.45) is 5.73 Å². The molecule has 3 aliphatic rings. The second-order valence-corrected chi connectivity index (χ2v) is 9.51. The smallest absolute Gasteiger partial charge is 0.343 e. The molecule has 1 aromatic carbocycles. The maximum atomic E-state index is 13.4.